The number of rotatable bonds is 9. The van der Waals surface area contributed by atoms with Crippen molar-refractivity contribution in [3.05, 3.63) is 78.6 Å². The fourth-order valence-corrected chi connectivity index (χ4v) is 3.09. The third-order valence-corrected chi connectivity index (χ3v) is 4.57. The third kappa shape index (κ3) is 5.33. The van der Waals surface area contributed by atoms with E-state index in [0.29, 0.717) is 19.6 Å². The summed E-state index contributed by atoms with van der Waals surface area (Å²) in [5.74, 6) is -0.211. The number of H-pyrrole nitrogens is 1. The van der Waals surface area contributed by atoms with Gasteiger partial charge in [-0.3, -0.25) is 5.41 Å². The SMILES string of the molecule is N=C(N)N(CCCc1cnc[nH]1)CCN(c1ccccc1)c1ccc(F)cc1. The van der Waals surface area contributed by atoms with E-state index in [1.54, 1.807) is 18.5 Å². The molecule has 2 aromatic carbocycles. The van der Waals surface area contributed by atoms with Crippen LogP contribution in [0.2, 0.25) is 0 Å². The van der Waals surface area contributed by atoms with Crippen LogP contribution in [0.4, 0.5) is 15.8 Å². The standard InChI is InChI=1S/C21H25FN6/c22-17-8-10-20(11-9-17)28(19-6-2-1-3-7-19)14-13-27(21(23)24)12-4-5-18-15-25-16-26-18/h1-3,6-11,15-16H,4-5,12-14H2,(H3,23,24)(H,25,26). The van der Waals surface area contributed by atoms with Crippen molar-refractivity contribution < 1.29 is 4.39 Å². The lowest BCUT2D eigenvalue weighted by Crippen LogP contribution is -2.41. The summed E-state index contributed by atoms with van der Waals surface area (Å²) in [7, 11) is 0. The van der Waals surface area contributed by atoms with E-state index in [9.17, 15) is 4.39 Å². The van der Waals surface area contributed by atoms with Gasteiger partial charge < -0.3 is 20.5 Å². The average Bonchev–Trinajstić information content (AvgIpc) is 3.22. The molecule has 0 bridgehead atoms. The third-order valence-electron chi connectivity index (χ3n) is 4.57. The number of aromatic nitrogens is 2. The molecule has 0 saturated carbocycles. The highest BCUT2D eigenvalue weighted by Gasteiger charge is 2.13. The van der Waals surface area contributed by atoms with Crippen LogP contribution in [0.25, 0.3) is 0 Å². The van der Waals surface area contributed by atoms with Crippen LogP contribution >= 0.6 is 0 Å². The average molecular weight is 380 g/mol. The summed E-state index contributed by atoms with van der Waals surface area (Å²) in [5, 5.41) is 7.90. The lowest BCUT2D eigenvalue weighted by molar-refractivity contribution is 0.410. The van der Waals surface area contributed by atoms with Crippen LogP contribution in [-0.4, -0.2) is 40.5 Å². The first-order chi connectivity index (χ1) is 13.6. The fraction of sp³-hybridized carbons (Fsp3) is 0.238. The van der Waals surface area contributed by atoms with Gasteiger partial charge in [0.25, 0.3) is 0 Å². The molecule has 4 N–H and O–H groups in total. The van der Waals surface area contributed by atoms with Crippen LogP contribution in [0, 0.1) is 11.2 Å². The number of halogens is 1. The molecule has 0 aliphatic carbocycles. The summed E-state index contributed by atoms with van der Waals surface area (Å²) in [5.41, 5.74) is 8.78. The number of hydrogen-bond acceptors (Lipinski definition) is 3. The molecule has 0 amide bonds. The summed E-state index contributed by atoms with van der Waals surface area (Å²) in [6.07, 6.45) is 5.19. The number of guanidine groups is 1. The van der Waals surface area contributed by atoms with Gasteiger partial charge in [-0.1, -0.05) is 18.2 Å². The van der Waals surface area contributed by atoms with Crippen LogP contribution in [0.3, 0.4) is 0 Å². The highest BCUT2D eigenvalue weighted by molar-refractivity contribution is 5.74. The minimum absolute atomic E-state index is 0.0525. The van der Waals surface area contributed by atoms with Crippen molar-refractivity contribution in [1.29, 1.82) is 5.41 Å². The predicted molar refractivity (Wildman–Crippen MR) is 110 cm³/mol. The van der Waals surface area contributed by atoms with E-state index in [-0.39, 0.29) is 11.8 Å². The summed E-state index contributed by atoms with van der Waals surface area (Å²) < 4.78 is 13.3. The molecule has 146 valence electrons. The maximum atomic E-state index is 13.3. The molecule has 0 unspecified atom stereocenters. The molecule has 0 saturated heterocycles. The van der Waals surface area contributed by atoms with Crippen LogP contribution in [0.15, 0.2) is 67.1 Å². The number of aryl methyl sites for hydroxylation is 1. The molecule has 1 aromatic heterocycles. The number of nitrogens with two attached hydrogens (primary N) is 1. The number of anilines is 2. The van der Waals surface area contributed by atoms with Gasteiger partial charge in [0.15, 0.2) is 5.96 Å². The van der Waals surface area contributed by atoms with Gasteiger partial charge in [0.2, 0.25) is 0 Å². The van der Waals surface area contributed by atoms with Crippen LogP contribution in [0.1, 0.15) is 12.1 Å². The molecule has 3 rings (SSSR count). The van der Waals surface area contributed by atoms with Crippen LogP contribution < -0.4 is 10.6 Å². The molecule has 0 spiro atoms. The smallest absolute Gasteiger partial charge is 0.188 e. The molecule has 3 aromatic rings. The van der Waals surface area contributed by atoms with E-state index >= 15 is 0 Å². The molecule has 0 aliphatic heterocycles. The van der Waals surface area contributed by atoms with E-state index in [0.717, 1.165) is 29.9 Å². The second-order valence-electron chi connectivity index (χ2n) is 6.52. The molecule has 7 heteroatoms. The van der Waals surface area contributed by atoms with Crippen molar-refractivity contribution in [2.75, 3.05) is 24.5 Å². The lowest BCUT2D eigenvalue weighted by Gasteiger charge is -2.29. The second-order valence-corrected chi connectivity index (χ2v) is 6.52. The molecule has 0 fully saturated rings. The second kappa shape index (κ2) is 9.55. The van der Waals surface area contributed by atoms with E-state index in [1.807, 2.05) is 41.4 Å². The predicted octanol–water partition coefficient (Wildman–Crippen LogP) is 3.52. The molecule has 28 heavy (non-hydrogen) atoms. The molecule has 6 nitrogen and oxygen atoms in total. The van der Waals surface area contributed by atoms with Gasteiger partial charge in [-0.2, -0.15) is 0 Å². The molecular formula is C21H25FN6. The maximum absolute atomic E-state index is 13.3. The van der Waals surface area contributed by atoms with Gasteiger partial charge >= 0.3 is 0 Å². The Bertz CT molecular complexity index is 848. The van der Waals surface area contributed by atoms with Gasteiger partial charge in [-0.25, -0.2) is 9.37 Å². The quantitative estimate of drug-likeness (QED) is 0.392. The highest BCUT2D eigenvalue weighted by Crippen LogP contribution is 2.25. The van der Waals surface area contributed by atoms with Crippen molar-refractivity contribution in [2.24, 2.45) is 5.73 Å². The Kier molecular flexibility index (Phi) is 6.62. The number of nitrogens with one attached hydrogen (secondary N) is 2. The first-order valence-electron chi connectivity index (χ1n) is 9.28. The van der Waals surface area contributed by atoms with Gasteiger partial charge in [-0.05, 0) is 49.2 Å². The van der Waals surface area contributed by atoms with Crippen molar-refractivity contribution in [2.45, 2.75) is 12.8 Å². The Morgan fingerprint density at radius 3 is 2.36 bits per heavy atom. The number of benzene rings is 2. The summed E-state index contributed by atoms with van der Waals surface area (Å²) in [4.78, 5) is 11.1. The number of hydrogen-bond donors (Lipinski definition) is 3. The van der Waals surface area contributed by atoms with Crippen molar-refractivity contribution in [1.82, 2.24) is 14.9 Å². The zero-order valence-electron chi connectivity index (χ0n) is 15.7. The Hall–Kier alpha value is -3.35. The Labute approximate surface area is 164 Å². The van der Waals surface area contributed by atoms with Gasteiger partial charge in [0.05, 0.1) is 6.33 Å². The number of aromatic amines is 1. The van der Waals surface area contributed by atoms with E-state index in [1.165, 1.54) is 12.1 Å². The first kappa shape index (κ1) is 19.4. The van der Waals surface area contributed by atoms with Gasteiger partial charge in [-0.15, -0.1) is 0 Å². The minimum atomic E-state index is -0.263. The van der Waals surface area contributed by atoms with Crippen molar-refractivity contribution >= 4 is 17.3 Å². The molecular weight excluding hydrogens is 355 g/mol. The minimum Gasteiger partial charge on any atom is -0.370 e. The summed E-state index contributed by atoms with van der Waals surface area (Å²) in [6, 6.07) is 16.4. The highest BCUT2D eigenvalue weighted by atomic mass is 19.1. The van der Waals surface area contributed by atoms with Gasteiger partial charge in [0, 0.05) is 42.9 Å². The topological polar surface area (TPSA) is 85.0 Å². The number of para-hydroxylation sites is 1. The van der Waals surface area contributed by atoms with Crippen LogP contribution in [-0.2, 0) is 6.42 Å². The molecule has 0 radical (unpaired) electrons. The Morgan fingerprint density at radius 1 is 1.00 bits per heavy atom. The normalized spacial score (nSPS) is 10.6. The maximum Gasteiger partial charge on any atom is 0.188 e. The van der Waals surface area contributed by atoms with Crippen LogP contribution in [0.5, 0.6) is 0 Å². The van der Waals surface area contributed by atoms with E-state index in [2.05, 4.69) is 14.9 Å². The number of imidazole rings is 1. The summed E-state index contributed by atoms with van der Waals surface area (Å²) in [6.45, 7) is 1.89. The monoisotopic (exact) mass is 380 g/mol. The Balaban J connectivity index is 1.66. The lowest BCUT2D eigenvalue weighted by atomic mass is 10.2. The zero-order chi connectivity index (χ0) is 19.8. The molecule has 0 aliphatic rings. The number of nitrogens with zero attached hydrogens (tertiary/aromatic N) is 3. The zero-order valence-corrected chi connectivity index (χ0v) is 15.7. The van der Waals surface area contributed by atoms with E-state index in [4.69, 9.17) is 11.1 Å². The molecule has 1 heterocycles. The fourth-order valence-electron chi connectivity index (χ4n) is 3.09. The largest absolute Gasteiger partial charge is 0.370 e. The van der Waals surface area contributed by atoms with Crippen molar-refractivity contribution in [3.63, 3.8) is 0 Å². The Morgan fingerprint density at radius 2 is 1.71 bits per heavy atom. The van der Waals surface area contributed by atoms with E-state index < -0.39 is 0 Å². The first-order valence-corrected chi connectivity index (χ1v) is 9.28. The van der Waals surface area contributed by atoms with Crippen molar-refractivity contribution in [3.8, 4) is 0 Å². The molecule has 0 atom stereocenters. The summed E-state index contributed by atoms with van der Waals surface area (Å²) >= 11 is 0. The van der Waals surface area contributed by atoms with Gasteiger partial charge in [0.1, 0.15) is 5.82 Å².